The predicted molar refractivity (Wildman–Crippen MR) is 158 cm³/mol. The van der Waals surface area contributed by atoms with Crippen LogP contribution in [0.15, 0.2) is 11.6 Å². The molecule has 0 unspecified atom stereocenters. The molecule has 3 nitrogen and oxygen atoms in total. The second-order valence-corrected chi connectivity index (χ2v) is 23.1. The molecule has 4 aliphatic rings. The smallest absolute Gasteiger partial charge is 0.193 e. The standard InChI is InChI=1S/C26H46O3S4Si/c1-23(2,3)34(6,7)29-21(20-10-12-25(13-11-20)30-16-8-17-31-25)24(4)14-15-26(22(27-5)28-24)32-18-9-19-33-26/h10,21-22H,8-9,11-19H2,1-7H3/t21-,22-,24-/m0/s1. The fourth-order valence-corrected chi connectivity index (χ4v) is 13.1. The van der Waals surface area contributed by atoms with Gasteiger partial charge in [0.2, 0.25) is 0 Å². The molecule has 2 spiro atoms. The molecule has 0 bridgehead atoms. The largest absolute Gasteiger partial charge is 0.407 e. The van der Waals surface area contributed by atoms with E-state index in [-0.39, 0.29) is 27.1 Å². The van der Waals surface area contributed by atoms with Crippen LogP contribution in [0.2, 0.25) is 18.1 Å². The molecule has 0 saturated carbocycles. The van der Waals surface area contributed by atoms with Gasteiger partial charge in [0, 0.05) is 7.11 Å². The first-order chi connectivity index (χ1) is 15.9. The lowest BCUT2D eigenvalue weighted by Gasteiger charge is -2.54. The van der Waals surface area contributed by atoms with E-state index in [2.05, 4.69) is 93.9 Å². The van der Waals surface area contributed by atoms with Gasteiger partial charge in [0.25, 0.3) is 0 Å². The number of hydrogen-bond donors (Lipinski definition) is 0. The second-order valence-electron chi connectivity index (χ2n) is 12.1. The monoisotopic (exact) mass is 562 g/mol. The Balaban J connectivity index is 1.61. The molecule has 0 aromatic carbocycles. The lowest BCUT2D eigenvalue weighted by atomic mass is 9.81. The van der Waals surface area contributed by atoms with Crippen LogP contribution in [0.5, 0.6) is 0 Å². The molecule has 0 radical (unpaired) electrons. The summed E-state index contributed by atoms with van der Waals surface area (Å²) in [5, 5.41) is 0.165. The maximum Gasteiger partial charge on any atom is 0.193 e. The van der Waals surface area contributed by atoms with Crippen LogP contribution in [0.25, 0.3) is 0 Å². The Labute approximate surface area is 226 Å². The first-order valence-corrected chi connectivity index (χ1v) is 19.9. The Kier molecular flexibility index (Phi) is 8.96. The van der Waals surface area contributed by atoms with Crippen molar-refractivity contribution >= 4 is 55.4 Å². The van der Waals surface area contributed by atoms with Gasteiger partial charge in [-0.25, -0.2) is 0 Å². The first-order valence-electron chi connectivity index (χ1n) is 13.1. The van der Waals surface area contributed by atoms with Gasteiger partial charge < -0.3 is 13.9 Å². The number of methoxy groups -OCH3 is 1. The van der Waals surface area contributed by atoms with Crippen molar-refractivity contribution in [2.24, 2.45) is 0 Å². The fourth-order valence-electron chi connectivity index (χ4n) is 5.23. The van der Waals surface area contributed by atoms with Gasteiger partial charge in [-0.15, -0.1) is 47.0 Å². The van der Waals surface area contributed by atoms with E-state index in [1.807, 2.05) is 7.11 Å². The van der Waals surface area contributed by atoms with Gasteiger partial charge in [-0.05, 0) is 98.6 Å². The molecule has 196 valence electrons. The van der Waals surface area contributed by atoms with Crippen molar-refractivity contribution in [2.45, 2.75) is 117 Å². The van der Waals surface area contributed by atoms with E-state index < -0.39 is 8.32 Å². The molecule has 8 heteroatoms. The third kappa shape index (κ3) is 5.79. The molecule has 4 rings (SSSR count). The second kappa shape index (κ2) is 10.8. The Bertz CT molecular complexity index is 741. The SMILES string of the molecule is CO[C@H]1O[C@](C)([C@@H](O[Si](C)(C)C(C)(C)C)C2=CCC3(CC2)SCCCS3)CCC12SCCCS2. The minimum Gasteiger partial charge on any atom is -0.407 e. The van der Waals surface area contributed by atoms with E-state index in [1.165, 1.54) is 47.8 Å². The third-order valence-corrected chi connectivity index (χ3v) is 19.9. The summed E-state index contributed by atoms with van der Waals surface area (Å²) in [5.41, 5.74) is 1.13. The summed E-state index contributed by atoms with van der Waals surface area (Å²) in [4.78, 5) is 0. The van der Waals surface area contributed by atoms with Gasteiger partial charge in [0.15, 0.2) is 14.6 Å². The summed E-state index contributed by atoms with van der Waals surface area (Å²) in [6, 6.07) is 0. The molecule has 3 fully saturated rings. The van der Waals surface area contributed by atoms with Crippen molar-refractivity contribution < 1.29 is 13.9 Å². The normalized spacial score (nSPS) is 33.0. The van der Waals surface area contributed by atoms with Gasteiger partial charge in [0.05, 0.1) is 15.8 Å². The fraction of sp³-hybridized carbons (Fsp3) is 0.923. The molecule has 3 heterocycles. The molecule has 0 amide bonds. The molecular formula is C26H46O3S4Si. The number of hydrogen-bond acceptors (Lipinski definition) is 7. The van der Waals surface area contributed by atoms with Gasteiger partial charge >= 0.3 is 0 Å². The maximum absolute atomic E-state index is 7.29. The van der Waals surface area contributed by atoms with Crippen molar-refractivity contribution in [3.63, 3.8) is 0 Å². The summed E-state index contributed by atoms with van der Waals surface area (Å²) in [7, 11) is -0.162. The molecule has 0 N–H and O–H groups in total. The van der Waals surface area contributed by atoms with Crippen LogP contribution in [0.3, 0.4) is 0 Å². The molecule has 0 aromatic rings. The lowest BCUT2D eigenvalue weighted by molar-refractivity contribution is -0.242. The average molecular weight is 563 g/mol. The molecule has 3 saturated heterocycles. The quantitative estimate of drug-likeness (QED) is 0.246. The van der Waals surface area contributed by atoms with Crippen molar-refractivity contribution in [1.82, 2.24) is 0 Å². The van der Waals surface area contributed by atoms with Crippen molar-refractivity contribution in [1.29, 1.82) is 0 Å². The molecule has 3 atom stereocenters. The minimum atomic E-state index is -1.99. The van der Waals surface area contributed by atoms with Crippen molar-refractivity contribution in [2.75, 3.05) is 30.1 Å². The summed E-state index contributed by atoms with van der Waals surface area (Å²) in [5.74, 6) is 5.04. The van der Waals surface area contributed by atoms with Crippen molar-refractivity contribution in [3.8, 4) is 0 Å². The number of allylic oxidation sites excluding steroid dienone is 1. The van der Waals surface area contributed by atoms with E-state index >= 15 is 0 Å². The lowest BCUT2D eigenvalue weighted by Crippen LogP contribution is -2.60. The highest BCUT2D eigenvalue weighted by molar-refractivity contribution is 8.19. The highest BCUT2D eigenvalue weighted by atomic mass is 32.2. The zero-order valence-corrected chi connectivity index (χ0v) is 26.6. The number of ether oxygens (including phenoxy) is 2. The van der Waals surface area contributed by atoms with Crippen molar-refractivity contribution in [3.05, 3.63) is 11.6 Å². The zero-order valence-electron chi connectivity index (χ0n) is 22.4. The van der Waals surface area contributed by atoms with E-state index in [9.17, 15) is 0 Å². The molecule has 3 aliphatic heterocycles. The molecular weight excluding hydrogens is 517 g/mol. The van der Waals surface area contributed by atoms with Crippen LogP contribution in [-0.4, -0.2) is 64.6 Å². The highest BCUT2D eigenvalue weighted by Gasteiger charge is 2.56. The Morgan fingerprint density at radius 2 is 1.62 bits per heavy atom. The van der Waals surface area contributed by atoms with Gasteiger partial charge in [0.1, 0.15) is 4.08 Å². The third-order valence-electron chi connectivity index (χ3n) is 8.50. The summed E-state index contributed by atoms with van der Waals surface area (Å²) >= 11 is 8.52. The van der Waals surface area contributed by atoms with Crippen LogP contribution in [0, 0.1) is 0 Å². The predicted octanol–water partition coefficient (Wildman–Crippen LogP) is 8.16. The van der Waals surface area contributed by atoms with Crippen LogP contribution in [0.4, 0.5) is 0 Å². The van der Waals surface area contributed by atoms with E-state index in [1.54, 1.807) is 0 Å². The maximum atomic E-state index is 7.29. The summed E-state index contributed by atoms with van der Waals surface area (Å²) < 4.78 is 20.8. The molecule has 34 heavy (non-hydrogen) atoms. The van der Waals surface area contributed by atoms with Crippen LogP contribution < -0.4 is 0 Å². The summed E-state index contributed by atoms with van der Waals surface area (Å²) in [6.45, 7) is 14.2. The van der Waals surface area contributed by atoms with E-state index in [0.29, 0.717) is 4.08 Å². The number of rotatable bonds is 5. The molecule has 0 aromatic heterocycles. The Hall–Kier alpha value is 1.24. The van der Waals surface area contributed by atoms with Crippen LogP contribution in [0.1, 0.15) is 72.6 Å². The van der Waals surface area contributed by atoms with Crippen LogP contribution in [-0.2, 0) is 13.9 Å². The average Bonchev–Trinajstić information content (AvgIpc) is 2.81. The summed E-state index contributed by atoms with van der Waals surface area (Å²) in [6.07, 6.45) is 10.7. The minimum absolute atomic E-state index is 0.0120. The first kappa shape index (κ1) is 28.3. The Morgan fingerprint density at radius 1 is 1.00 bits per heavy atom. The van der Waals surface area contributed by atoms with E-state index in [4.69, 9.17) is 13.9 Å². The van der Waals surface area contributed by atoms with Gasteiger partial charge in [-0.3, -0.25) is 0 Å². The van der Waals surface area contributed by atoms with Gasteiger partial charge in [-0.1, -0.05) is 26.8 Å². The number of thioether (sulfide) groups is 4. The molecule has 1 aliphatic carbocycles. The Morgan fingerprint density at radius 3 is 2.15 bits per heavy atom. The highest BCUT2D eigenvalue weighted by Crippen LogP contribution is 2.57. The van der Waals surface area contributed by atoms with Gasteiger partial charge in [-0.2, -0.15) is 0 Å². The van der Waals surface area contributed by atoms with Crippen LogP contribution >= 0.6 is 47.0 Å². The zero-order chi connectivity index (χ0) is 24.7. The van der Waals surface area contributed by atoms with E-state index in [0.717, 1.165) is 25.7 Å². The topological polar surface area (TPSA) is 27.7 Å².